The average Bonchev–Trinajstić information content (AvgIpc) is 2.90. The molecule has 2 aromatic carbocycles. The van der Waals surface area contributed by atoms with E-state index in [9.17, 15) is 13.6 Å². The fraction of sp³-hybridized carbons (Fsp3) is 0.222. The van der Waals surface area contributed by atoms with Crippen LogP contribution in [-0.2, 0) is 11.2 Å². The van der Waals surface area contributed by atoms with Crippen molar-refractivity contribution in [3.05, 3.63) is 53.6 Å². The second-order valence-corrected chi connectivity index (χ2v) is 6.85. The van der Waals surface area contributed by atoms with E-state index in [1.807, 2.05) is 13.8 Å². The number of benzene rings is 2. The van der Waals surface area contributed by atoms with Crippen LogP contribution in [0, 0.1) is 11.6 Å². The lowest BCUT2D eigenvalue weighted by Gasteiger charge is -2.08. The van der Waals surface area contributed by atoms with Gasteiger partial charge in [-0.15, -0.1) is 0 Å². The van der Waals surface area contributed by atoms with Crippen molar-refractivity contribution in [3.63, 3.8) is 0 Å². The third-order valence-electron chi connectivity index (χ3n) is 3.35. The SMILES string of the molecule is CC(C)NC(=O)Cc1ccc(Oc2nc3cc(F)c(F)cc3s2)cc1. The predicted octanol–water partition coefficient (Wildman–Crippen LogP) is 4.43. The van der Waals surface area contributed by atoms with Crippen LogP contribution in [0.1, 0.15) is 19.4 Å². The van der Waals surface area contributed by atoms with Crippen molar-refractivity contribution in [2.45, 2.75) is 26.3 Å². The molecule has 0 spiro atoms. The van der Waals surface area contributed by atoms with E-state index in [0.717, 1.165) is 29.0 Å². The zero-order chi connectivity index (χ0) is 18.0. The van der Waals surface area contributed by atoms with Crippen LogP contribution >= 0.6 is 11.3 Å². The highest BCUT2D eigenvalue weighted by Gasteiger charge is 2.11. The van der Waals surface area contributed by atoms with E-state index in [0.29, 0.717) is 21.2 Å². The first-order valence-electron chi connectivity index (χ1n) is 7.72. The maximum atomic E-state index is 13.2. The summed E-state index contributed by atoms with van der Waals surface area (Å²) in [6.45, 7) is 3.81. The number of hydrogen-bond acceptors (Lipinski definition) is 4. The quantitative estimate of drug-likeness (QED) is 0.730. The lowest BCUT2D eigenvalue weighted by Crippen LogP contribution is -2.31. The number of nitrogens with one attached hydrogen (secondary N) is 1. The Morgan fingerprint density at radius 2 is 1.88 bits per heavy atom. The van der Waals surface area contributed by atoms with Crippen molar-refractivity contribution in [1.82, 2.24) is 10.3 Å². The van der Waals surface area contributed by atoms with Gasteiger partial charge in [0.15, 0.2) is 11.6 Å². The summed E-state index contributed by atoms with van der Waals surface area (Å²) in [5.74, 6) is -1.35. The Morgan fingerprint density at radius 3 is 2.56 bits per heavy atom. The predicted molar refractivity (Wildman–Crippen MR) is 93.0 cm³/mol. The number of carbonyl (C=O) groups excluding carboxylic acids is 1. The standard InChI is InChI=1S/C18H16F2N2O2S/c1-10(2)21-17(23)7-11-3-5-12(6-4-11)24-18-22-15-8-13(19)14(20)9-16(15)25-18/h3-6,8-10H,7H2,1-2H3,(H,21,23). The van der Waals surface area contributed by atoms with Gasteiger partial charge in [0.05, 0.1) is 16.6 Å². The van der Waals surface area contributed by atoms with Crippen LogP contribution in [0.25, 0.3) is 10.2 Å². The molecule has 4 nitrogen and oxygen atoms in total. The summed E-state index contributed by atoms with van der Waals surface area (Å²) in [5, 5.41) is 3.13. The molecule has 0 bridgehead atoms. The Bertz CT molecular complexity index is 868. The molecule has 0 atom stereocenters. The van der Waals surface area contributed by atoms with E-state index in [2.05, 4.69) is 10.3 Å². The molecule has 1 aromatic heterocycles. The fourth-order valence-corrected chi connectivity index (χ4v) is 3.12. The van der Waals surface area contributed by atoms with Gasteiger partial charge in [-0.25, -0.2) is 13.8 Å². The maximum Gasteiger partial charge on any atom is 0.279 e. The van der Waals surface area contributed by atoms with E-state index in [1.165, 1.54) is 0 Å². The van der Waals surface area contributed by atoms with Crippen molar-refractivity contribution in [2.24, 2.45) is 0 Å². The van der Waals surface area contributed by atoms with Crippen LogP contribution in [0.4, 0.5) is 8.78 Å². The van der Waals surface area contributed by atoms with Crippen LogP contribution in [0.3, 0.4) is 0 Å². The molecule has 7 heteroatoms. The lowest BCUT2D eigenvalue weighted by atomic mass is 10.1. The highest BCUT2D eigenvalue weighted by atomic mass is 32.1. The summed E-state index contributed by atoms with van der Waals surface area (Å²) in [6.07, 6.45) is 0.290. The number of thiazole rings is 1. The molecule has 1 N–H and O–H groups in total. The van der Waals surface area contributed by atoms with Gasteiger partial charge in [-0.05, 0) is 37.6 Å². The van der Waals surface area contributed by atoms with E-state index in [4.69, 9.17) is 4.74 Å². The molecule has 3 rings (SSSR count). The second-order valence-electron chi connectivity index (χ2n) is 5.86. The van der Waals surface area contributed by atoms with Crippen LogP contribution < -0.4 is 10.1 Å². The molecule has 25 heavy (non-hydrogen) atoms. The molecule has 0 aliphatic rings. The van der Waals surface area contributed by atoms with Crippen molar-refractivity contribution >= 4 is 27.5 Å². The van der Waals surface area contributed by atoms with Gasteiger partial charge in [-0.3, -0.25) is 4.79 Å². The maximum absolute atomic E-state index is 13.2. The largest absolute Gasteiger partial charge is 0.431 e. The Morgan fingerprint density at radius 1 is 1.20 bits per heavy atom. The zero-order valence-electron chi connectivity index (χ0n) is 13.7. The van der Waals surface area contributed by atoms with Gasteiger partial charge in [0.1, 0.15) is 5.75 Å². The first kappa shape index (κ1) is 17.3. The molecule has 1 amide bonds. The Kier molecular flexibility index (Phi) is 4.94. The number of aromatic nitrogens is 1. The molecule has 0 aliphatic carbocycles. The number of carbonyl (C=O) groups is 1. The molecule has 0 aliphatic heterocycles. The molecular formula is C18H16F2N2O2S. The van der Waals surface area contributed by atoms with Crippen LogP contribution in [0.5, 0.6) is 10.9 Å². The summed E-state index contributed by atoms with van der Waals surface area (Å²) in [5.41, 5.74) is 1.21. The summed E-state index contributed by atoms with van der Waals surface area (Å²) in [7, 11) is 0. The van der Waals surface area contributed by atoms with Crippen molar-refractivity contribution in [1.29, 1.82) is 0 Å². The number of nitrogens with zero attached hydrogens (tertiary/aromatic N) is 1. The number of amides is 1. The van der Waals surface area contributed by atoms with Gasteiger partial charge in [-0.2, -0.15) is 0 Å². The average molecular weight is 362 g/mol. The molecule has 130 valence electrons. The molecule has 0 unspecified atom stereocenters. The van der Waals surface area contributed by atoms with Crippen molar-refractivity contribution < 1.29 is 18.3 Å². The molecule has 0 fully saturated rings. The second kappa shape index (κ2) is 7.14. The van der Waals surface area contributed by atoms with Gasteiger partial charge >= 0.3 is 0 Å². The van der Waals surface area contributed by atoms with Crippen molar-refractivity contribution in [2.75, 3.05) is 0 Å². The monoisotopic (exact) mass is 362 g/mol. The number of halogens is 2. The third-order valence-corrected chi connectivity index (χ3v) is 4.25. The molecule has 0 saturated heterocycles. The van der Waals surface area contributed by atoms with Gasteiger partial charge in [0, 0.05) is 12.1 Å². The highest BCUT2D eigenvalue weighted by molar-refractivity contribution is 7.20. The smallest absolute Gasteiger partial charge is 0.279 e. The first-order valence-corrected chi connectivity index (χ1v) is 8.54. The summed E-state index contributed by atoms with van der Waals surface area (Å²) in [6, 6.07) is 9.29. The topological polar surface area (TPSA) is 51.2 Å². The van der Waals surface area contributed by atoms with E-state index in [1.54, 1.807) is 24.3 Å². The van der Waals surface area contributed by atoms with E-state index < -0.39 is 11.6 Å². The normalized spacial score (nSPS) is 11.1. The van der Waals surface area contributed by atoms with E-state index >= 15 is 0 Å². The first-order chi connectivity index (χ1) is 11.9. The summed E-state index contributed by atoms with van der Waals surface area (Å²) < 4.78 is 32.6. The Hall–Kier alpha value is -2.54. The summed E-state index contributed by atoms with van der Waals surface area (Å²) >= 11 is 1.13. The number of ether oxygens (including phenoxy) is 1. The zero-order valence-corrected chi connectivity index (χ0v) is 14.5. The minimum atomic E-state index is -0.937. The van der Waals surface area contributed by atoms with Crippen LogP contribution in [0.15, 0.2) is 36.4 Å². The lowest BCUT2D eigenvalue weighted by molar-refractivity contribution is -0.120. The number of rotatable bonds is 5. The molecule has 0 radical (unpaired) electrons. The summed E-state index contributed by atoms with van der Waals surface area (Å²) in [4.78, 5) is 15.9. The molecule has 3 aromatic rings. The van der Waals surface area contributed by atoms with Gasteiger partial charge in [-0.1, -0.05) is 23.5 Å². The van der Waals surface area contributed by atoms with Crippen molar-refractivity contribution in [3.8, 4) is 10.9 Å². The molecular weight excluding hydrogens is 346 g/mol. The Labute approximate surface area is 147 Å². The molecule has 1 heterocycles. The van der Waals surface area contributed by atoms with E-state index in [-0.39, 0.29) is 18.4 Å². The van der Waals surface area contributed by atoms with Gasteiger partial charge < -0.3 is 10.1 Å². The van der Waals surface area contributed by atoms with Crippen LogP contribution in [0.2, 0.25) is 0 Å². The van der Waals surface area contributed by atoms with Gasteiger partial charge in [0.2, 0.25) is 5.91 Å². The minimum Gasteiger partial charge on any atom is -0.431 e. The van der Waals surface area contributed by atoms with Crippen LogP contribution in [-0.4, -0.2) is 16.9 Å². The minimum absolute atomic E-state index is 0.0427. The molecule has 0 saturated carbocycles. The highest BCUT2D eigenvalue weighted by Crippen LogP contribution is 2.32. The number of hydrogen-bond donors (Lipinski definition) is 1. The Balaban J connectivity index is 1.70. The third kappa shape index (κ3) is 4.30. The number of fused-ring (bicyclic) bond motifs is 1. The fourth-order valence-electron chi connectivity index (χ4n) is 2.28. The van der Waals surface area contributed by atoms with Gasteiger partial charge in [0.25, 0.3) is 5.19 Å².